The van der Waals surface area contributed by atoms with Crippen LogP contribution in [0.1, 0.15) is 58.9 Å². The molecule has 0 spiro atoms. The van der Waals surface area contributed by atoms with Gasteiger partial charge < -0.3 is 21.4 Å². The van der Waals surface area contributed by atoms with Gasteiger partial charge in [0.15, 0.2) is 5.65 Å². The van der Waals surface area contributed by atoms with E-state index in [0.29, 0.717) is 40.4 Å². The highest BCUT2D eigenvalue weighted by atomic mass is 32.1. The van der Waals surface area contributed by atoms with Crippen molar-refractivity contribution in [2.45, 2.75) is 46.8 Å². The van der Waals surface area contributed by atoms with Crippen LogP contribution in [0.4, 0.5) is 0 Å². The maximum atomic E-state index is 12.9. The zero-order chi connectivity index (χ0) is 25.2. The van der Waals surface area contributed by atoms with E-state index in [1.807, 2.05) is 37.3 Å². The molecule has 1 atom stereocenters. The lowest BCUT2D eigenvalue weighted by Gasteiger charge is -2.27. The first-order valence-corrected chi connectivity index (χ1v) is 12.3. The van der Waals surface area contributed by atoms with Crippen LogP contribution < -0.4 is 16.4 Å². The first-order valence-electron chi connectivity index (χ1n) is 11.5. The monoisotopic (exact) mass is 490 g/mol. The average molecular weight is 491 g/mol. The van der Waals surface area contributed by atoms with E-state index in [0.717, 1.165) is 16.0 Å². The van der Waals surface area contributed by atoms with E-state index in [1.165, 1.54) is 11.3 Å². The zero-order valence-electron chi connectivity index (χ0n) is 20.3. The molecule has 0 aliphatic heterocycles. The Morgan fingerprint density at radius 1 is 1.14 bits per heavy atom. The van der Waals surface area contributed by atoms with E-state index in [-0.39, 0.29) is 23.3 Å². The lowest BCUT2D eigenvalue weighted by molar-refractivity contribution is 0.0910. The van der Waals surface area contributed by atoms with Gasteiger partial charge in [0.1, 0.15) is 5.52 Å². The first kappa shape index (κ1) is 24.6. The number of aromatic nitrogens is 3. The number of nitrogens with two attached hydrogens (primary N) is 1. The summed E-state index contributed by atoms with van der Waals surface area (Å²) in [4.78, 5) is 39.1. The van der Waals surface area contributed by atoms with Crippen molar-refractivity contribution in [2.24, 2.45) is 11.1 Å². The van der Waals surface area contributed by atoms with Crippen LogP contribution in [0.15, 0.2) is 48.8 Å². The number of amides is 2. The third-order valence-corrected chi connectivity index (χ3v) is 7.14. The molecule has 0 aliphatic carbocycles. The summed E-state index contributed by atoms with van der Waals surface area (Å²) < 4.78 is 0. The van der Waals surface area contributed by atoms with Crippen LogP contribution in [0, 0.1) is 5.41 Å². The smallest absolute Gasteiger partial charge is 0.261 e. The second kappa shape index (κ2) is 9.97. The number of carbonyl (C=O) groups excluding carboxylic acids is 2. The number of hydrogen-bond acceptors (Lipinski definition) is 6. The third kappa shape index (κ3) is 5.58. The van der Waals surface area contributed by atoms with Crippen LogP contribution in [0.5, 0.6) is 0 Å². The van der Waals surface area contributed by atoms with Gasteiger partial charge in [-0.1, -0.05) is 45.0 Å². The third-order valence-electron chi connectivity index (χ3n) is 6.03. The largest absolute Gasteiger partial charge is 0.349 e. The molecule has 182 valence electrons. The molecule has 0 radical (unpaired) electrons. The number of fused-ring (bicyclic) bond motifs is 1. The average Bonchev–Trinajstić information content (AvgIpc) is 3.49. The highest BCUT2D eigenvalue weighted by Gasteiger charge is 2.24. The van der Waals surface area contributed by atoms with E-state index >= 15 is 0 Å². The van der Waals surface area contributed by atoms with Crippen LogP contribution in [-0.2, 0) is 13.1 Å². The minimum Gasteiger partial charge on any atom is -0.349 e. The Morgan fingerprint density at radius 2 is 1.91 bits per heavy atom. The van der Waals surface area contributed by atoms with Gasteiger partial charge in [-0.2, -0.15) is 0 Å². The van der Waals surface area contributed by atoms with Gasteiger partial charge in [-0.05, 0) is 35.6 Å². The van der Waals surface area contributed by atoms with Crippen LogP contribution in [0.2, 0.25) is 0 Å². The molecule has 0 fully saturated rings. The molecule has 35 heavy (non-hydrogen) atoms. The second-order valence-electron chi connectivity index (χ2n) is 9.59. The molecule has 3 heterocycles. The van der Waals surface area contributed by atoms with Gasteiger partial charge in [-0.3, -0.25) is 9.59 Å². The number of benzene rings is 1. The molecule has 4 rings (SSSR count). The van der Waals surface area contributed by atoms with Gasteiger partial charge in [0.05, 0.1) is 27.2 Å². The fourth-order valence-electron chi connectivity index (χ4n) is 3.41. The van der Waals surface area contributed by atoms with Crippen molar-refractivity contribution >= 4 is 34.3 Å². The zero-order valence-corrected chi connectivity index (χ0v) is 21.1. The summed E-state index contributed by atoms with van der Waals surface area (Å²) in [6.07, 6.45) is 3.27. The minimum absolute atomic E-state index is 0.0211. The maximum Gasteiger partial charge on any atom is 0.261 e. The number of nitrogens with zero attached hydrogens (tertiary/aromatic N) is 2. The molecular weight excluding hydrogens is 460 g/mol. The van der Waals surface area contributed by atoms with E-state index in [9.17, 15) is 9.59 Å². The Balaban J connectivity index is 1.50. The molecule has 1 unspecified atom stereocenters. The Kier molecular flexibility index (Phi) is 7.00. The van der Waals surface area contributed by atoms with Crippen LogP contribution in [0.25, 0.3) is 21.7 Å². The van der Waals surface area contributed by atoms with Crippen molar-refractivity contribution in [3.8, 4) is 10.6 Å². The number of H-pyrrole nitrogens is 1. The quantitative estimate of drug-likeness (QED) is 0.308. The van der Waals surface area contributed by atoms with Gasteiger partial charge in [-0.15, -0.1) is 11.3 Å². The molecule has 0 aliphatic rings. The molecule has 9 heteroatoms. The normalized spacial score (nSPS) is 12.5. The number of hydrogen-bond donors (Lipinski definition) is 4. The topological polar surface area (TPSA) is 126 Å². The maximum absolute atomic E-state index is 12.9. The summed E-state index contributed by atoms with van der Waals surface area (Å²) in [6.45, 7) is 9.09. The number of aromatic amines is 1. The predicted octanol–water partition coefficient (Wildman–Crippen LogP) is 4.24. The molecule has 0 saturated carbocycles. The van der Waals surface area contributed by atoms with Gasteiger partial charge >= 0.3 is 0 Å². The number of nitrogens with one attached hydrogen (secondary N) is 3. The number of rotatable bonds is 7. The minimum atomic E-state index is -0.199. The number of carbonyl (C=O) groups is 2. The molecule has 1 aromatic carbocycles. The van der Waals surface area contributed by atoms with Crippen LogP contribution in [0.3, 0.4) is 0 Å². The Bertz CT molecular complexity index is 1370. The molecule has 8 nitrogen and oxygen atoms in total. The van der Waals surface area contributed by atoms with Gasteiger partial charge in [0.2, 0.25) is 0 Å². The fourth-order valence-corrected chi connectivity index (χ4v) is 4.28. The summed E-state index contributed by atoms with van der Waals surface area (Å²) in [7, 11) is 0. The van der Waals surface area contributed by atoms with Crippen molar-refractivity contribution in [3.05, 3.63) is 70.4 Å². The summed E-state index contributed by atoms with van der Waals surface area (Å²) in [5.41, 5.74) is 9.73. The molecule has 0 bridgehead atoms. The van der Waals surface area contributed by atoms with E-state index in [1.54, 1.807) is 18.5 Å². The second-order valence-corrected chi connectivity index (χ2v) is 10.7. The lowest BCUT2D eigenvalue weighted by Crippen LogP contribution is -2.41. The van der Waals surface area contributed by atoms with Crippen molar-refractivity contribution in [3.63, 3.8) is 0 Å². The van der Waals surface area contributed by atoms with Crippen LogP contribution >= 0.6 is 11.3 Å². The Morgan fingerprint density at radius 3 is 2.66 bits per heavy atom. The SMILES string of the molecule is CC(NC(=O)c1c[nH]c2ncc(-c3ccc(C(=O)NCc4cccc(CN)c4)s3)nc12)C(C)(C)C. The van der Waals surface area contributed by atoms with Crippen LogP contribution in [-0.4, -0.2) is 32.8 Å². The Hall–Kier alpha value is -3.56. The molecule has 4 aromatic rings. The van der Waals surface area contributed by atoms with Crippen molar-refractivity contribution in [1.29, 1.82) is 0 Å². The summed E-state index contributed by atoms with van der Waals surface area (Å²) in [5.74, 6) is -0.360. The lowest BCUT2D eigenvalue weighted by atomic mass is 9.88. The van der Waals surface area contributed by atoms with Crippen molar-refractivity contribution in [2.75, 3.05) is 0 Å². The summed E-state index contributed by atoms with van der Waals surface area (Å²) >= 11 is 1.33. The fraction of sp³-hybridized carbons (Fsp3) is 0.308. The highest BCUT2D eigenvalue weighted by Crippen LogP contribution is 2.28. The summed E-state index contributed by atoms with van der Waals surface area (Å²) in [6, 6.07) is 11.4. The van der Waals surface area contributed by atoms with Gasteiger partial charge in [0, 0.05) is 25.3 Å². The van der Waals surface area contributed by atoms with E-state index in [4.69, 9.17) is 10.7 Å². The highest BCUT2D eigenvalue weighted by molar-refractivity contribution is 7.17. The standard InChI is InChI=1S/C26H30N6O2S/c1-15(26(2,3)4)31-24(33)18-13-28-23-22(18)32-19(14-29-23)20-8-9-21(35-20)25(34)30-12-17-7-5-6-16(10-17)11-27/h5-10,13-15H,11-12,27H2,1-4H3,(H,28,29)(H,30,34)(H,31,33). The van der Waals surface area contributed by atoms with Crippen molar-refractivity contribution < 1.29 is 9.59 Å². The molecule has 2 amide bonds. The molecule has 5 N–H and O–H groups in total. The molecular formula is C26H30N6O2S. The van der Waals surface area contributed by atoms with Gasteiger partial charge in [0.25, 0.3) is 11.8 Å². The summed E-state index contributed by atoms with van der Waals surface area (Å²) in [5, 5.41) is 5.99. The number of thiophene rings is 1. The van der Waals surface area contributed by atoms with E-state index in [2.05, 4.69) is 41.4 Å². The Labute approximate surface area is 208 Å². The molecule has 3 aromatic heterocycles. The first-order chi connectivity index (χ1) is 16.7. The van der Waals surface area contributed by atoms with E-state index < -0.39 is 0 Å². The molecule has 0 saturated heterocycles. The van der Waals surface area contributed by atoms with Crippen molar-refractivity contribution in [1.82, 2.24) is 25.6 Å². The predicted molar refractivity (Wildman–Crippen MR) is 139 cm³/mol. The van der Waals surface area contributed by atoms with Gasteiger partial charge in [-0.25, -0.2) is 9.97 Å².